The molecular weight excluding hydrogens is 516 g/mol. The van der Waals surface area contributed by atoms with Crippen molar-refractivity contribution in [1.82, 2.24) is 25.3 Å². The van der Waals surface area contributed by atoms with Crippen molar-refractivity contribution in [3.63, 3.8) is 0 Å². The van der Waals surface area contributed by atoms with Gasteiger partial charge in [0, 0.05) is 35.7 Å². The molecule has 1 atom stereocenters. The van der Waals surface area contributed by atoms with Crippen molar-refractivity contribution >= 4 is 26.6 Å². The van der Waals surface area contributed by atoms with Gasteiger partial charge in [-0.3, -0.25) is 14.8 Å². The molecule has 6 rings (SSSR count). The van der Waals surface area contributed by atoms with Gasteiger partial charge < -0.3 is 10.1 Å². The quantitative estimate of drug-likeness (QED) is 0.407. The largest absolute Gasteiger partial charge is 0.489 e. The van der Waals surface area contributed by atoms with Crippen LogP contribution in [0.25, 0.3) is 22.3 Å². The third-order valence-electron chi connectivity index (χ3n) is 6.48. The number of fused-ring (bicyclic) bond motifs is 2. The fourth-order valence-electron chi connectivity index (χ4n) is 4.25. The summed E-state index contributed by atoms with van der Waals surface area (Å²) in [5.74, 6) is -1.93. The molecule has 0 saturated heterocycles. The molecule has 38 heavy (non-hydrogen) atoms. The lowest BCUT2D eigenvalue weighted by Gasteiger charge is -2.12. The Kier molecular flexibility index (Phi) is 5.98. The third-order valence-corrected chi connectivity index (χ3v) is 8.30. The summed E-state index contributed by atoms with van der Waals surface area (Å²) in [4.78, 5) is 30.1. The second-order valence-electron chi connectivity index (χ2n) is 9.23. The first-order chi connectivity index (χ1) is 18.3. The number of halogens is 2. The molecule has 1 aliphatic heterocycles. The van der Waals surface area contributed by atoms with Gasteiger partial charge >= 0.3 is 0 Å². The van der Waals surface area contributed by atoms with Crippen LogP contribution in [-0.2, 0) is 16.4 Å². The average Bonchev–Trinajstić information content (AvgIpc) is 3.78. The molecule has 0 radical (unpaired) electrons. The Bertz CT molecular complexity index is 1690. The van der Waals surface area contributed by atoms with Crippen molar-refractivity contribution in [3.05, 3.63) is 71.7 Å². The van der Waals surface area contributed by atoms with E-state index in [1.807, 2.05) is 12.1 Å². The van der Waals surface area contributed by atoms with Gasteiger partial charge in [-0.2, -0.15) is 0 Å². The van der Waals surface area contributed by atoms with E-state index in [0.29, 0.717) is 28.5 Å². The molecule has 1 N–H and O–H groups in total. The number of rotatable bonds is 5. The summed E-state index contributed by atoms with van der Waals surface area (Å²) in [6.07, 6.45) is 6.86. The van der Waals surface area contributed by atoms with Crippen molar-refractivity contribution in [2.75, 3.05) is 6.61 Å². The van der Waals surface area contributed by atoms with E-state index in [4.69, 9.17) is 4.74 Å². The fourth-order valence-corrected chi connectivity index (χ4v) is 5.64. The molecule has 0 spiro atoms. The minimum atomic E-state index is -4.50. The number of hydrogen-bond acceptors (Lipinski definition) is 8. The second kappa shape index (κ2) is 9.35. The van der Waals surface area contributed by atoms with Gasteiger partial charge in [0.15, 0.2) is 11.6 Å². The van der Waals surface area contributed by atoms with Gasteiger partial charge in [0.05, 0.1) is 41.9 Å². The smallest absolute Gasteiger partial charge is 0.251 e. The van der Waals surface area contributed by atoms with Gasteiger partial charge in [-0.15, -0.1) is 0 Å². The van der Waals surface area contributed by atoms with E-state index in [1.54, 1.807) is 24.7 Å². The van der Waals surface area contributed by atoms with Gasteiger partial charge in [0.1, 0.15) is 10.6 Å². The topological polar surface area (TPSA) is 124 Å². The summed E-state index contributed by atoms with van der Waals surface area (Å²) >= 11 is 0. The molecule has 9 nitrogen and oxygen atoms in total. The minimum Gasteiger partial charge on any atom is -0.489 e. The number of sulfone groups is 1. The van der Waals surface area contributed by atoms with Gasteiger partial charge in [0.2, 0.25) is 15.3 Å². The van der Waals surface area contributed by atoms with Crippen molar-refractivity contribution in [3.8, 4) is 17.1 Å². The van der Waals surface area contributed by atoms with Crippen LogP contribution in [0.15, 0.2) is 53.8 Å². The van der Waals surface area contributed by atoms with E-state index in [-0.39, 0.29) is 18.7 Å². The number of benzene rings is 1. The van der Waals surface area contributed by atoms with Crippen molar-refractivity contribution in [2.45, 2.75) is 42.1 Å². The van der Waals surface area contributed by atoms with E-state index in [0.717, 1.165) is 36.1 Å². The maximum atomic E-state index is 14.6. The Labute approximate surface area is 216 Å². The van der Waals surface area contributed by atoms with E-state index >= 15 is 0 Å². The minimum absolute atomic E-state index is 0.0364. The lowest BCUT2D eigenvalue weighted by Crippen LogP contribution is -2.24. The van der Waals surface area contributed by atoms with E-state index in [1.165, 1.54) is 0 Å². The van der Waals surface area contributed by atoms with Crippen LogP contribution in [0.5, 0.6) is 5.75 Å². The predicted octanol–water partition coefficient (Wildman–Crippen LogP) is 3.89. The second-order valence-corrected chi connectivity index (χ2v) is 11.3. The molecule has 2 aliphatic rings. The van der Waals surface area contributed by atoms with Crippen LogP contribution in [-0.4, -0.2) is 46.4 Å². The predicted molar refractivity (Wildman–Crippen MR) is 132 cm³/mol. The molecule has 4 aromatic rings. The number of amides is 1. The van der Waals surface area contributed by atoms with Crippen LogP contribution < -0.4 is 10.1 Å². The zero-order valence-electron chi connectivity index (χ0n) is 19.9. The van der Waals surface area contributed by atoms with E-state index in [2.05, 4.69) is 25.3 Å². The number of carbonyl (C=O) groups is 1. The normalized spacial score (nSPS) is 18.3. The standard InChI is InChI=1S/C26H21F2N5O4S/c27-18-7-16(8-23-25(18)37-6-5-24(28)38(23,35)36)26(34)31-11-17-9-20-15(10-30-17)3-4-19(32-20)22-13-29-12-21(33-22)14-1-2-14/h3-4,7-10,12-14,24H,1-2,5-6,11H2,(H,31,34)/t24-/m1/s1. The highest BCUT2D eigenvalue weighted by Crippen LogP contribution is 2.39. The number of nitrogens with one attached hydrogen (secondary N) is 1. The molecule has 1 aliphatic carbocycles. The molecule has 12 heteroatoms. The van der Waals surface area contributed by atoms with Crippen LogP contribution in [0.4, 0.5) is 8.78 Å². The van der Waals surface area contributed by atoms with Gasteiger partial charge in [0.25, 0.3) is 5.91 Å². The van der Waals surface area contributed by atoms with Gasteiger partial charge in [-0.1, -0.05) is 0 Å². The lowest BCUT2D eigenvalue weighted by molar-refractivity contribution is 0.0949. The van der Waals surface area contributed by atoms with Crippen LogP contribution >= 0.6 is 0 Å². The maximum Gasteiger partial charge on any atom is 0.251 e. The molecule has 4 heterocycles. The zero-order chi connectivity index (χ0) is 26.4. The molecule has 1 amide bonds. The molecule has 1 saturated carbocycles. The first-order valence-corrected chi connectivity index (χ1v) is 13.5. The molecule has 1 fully saturated rings. The van der Waals surface area contributed by atoms with E-state index in [9.17, 15) is 22.0 Å². The summed E-state index contributed by atoms with van der Waals surface area (Å²) in [7, 11) is -4.50. The van der Waals surface area contributed by atoms with Crippen LogP contribution in [0.2, 0.25) is 0 Å². The lowest BCUT2D eigenvalue weighted by atomic mass is 10.1. The molecule has 3 aromatic heterocycles. The number of pyridine rings is 2. The summed E-state index contributed by atoms with van der Waals surface area (Å²) in [5, 5.41) is 3.38. The zero-order valence-corrected chi connectivity index (χ0v) is 20.7. The average molecular weight is 538 g/mol. The first kappa shape index (κ1) is 24.3. The Morgan fingerprint density at radius 3 is 2.71 bits per heavy atom. The number of carbonyl (C=O) groups excluding carboxylic acids is 1. The Morgan fingerprint density at radius 2 is 1.89 bits per heavy atom. The van der Waals surface area contributed by atoms with Crippen molar-refractivity contribution < 1.29 is 26.7 Å². The SMILES string of the molecule is O=C(NCc1cc2nc(-c3cncc(C4CC4)n3)ccc2cn1)c1cc(F)c2c(c1)S(=O)(=O)[C@@H](F)CCO2. The first-order valence-electron chi connectivity index (χ1n) is 12.0. The molecule has 1 aromatic carbocycles. The fraction of sp³-hybridized carbons (Fsp3) is 0.269. The third kappa shape index (κ3) is 4.55. The number of alkyl halides is 1. The highest BCUT2D eigenvalue weighted by atomic mass is 32.2. The number of aromatic nitrogens is 4. The Hall–Kier alpha value is -4.06. The number of nitrogens with zero attached hydrogens (tertiary/aromatic N) is 4. The van der Waals surface area contributed by atoms with Gasteiger partial charge in [-0.05, 0) is 43.2 Å². The summed E-state index contributed by atoms with van der Waals surface area (Å²) in [6, 6.07) is 7.22. The highest BCUT2D eigenvalue weighted by molar-refractivity contribution is 7.92. The highest BCUT2D eigenvalue weighted by Gasteiger charge is 2.35. The summed E-state index contributed by atoms with van der Waals surface area (Å²) in [6.45, 7) is -0.330. The van der Waals surface area contributed by atoms with E-state index < -0.39 is 44.1 Å². The Morgan fingerprint density at radius 1 is 1.05 bits per heavy atom. The monoisotopic (exact) mass is 537 g/mol. The van der Waals surface area contributed by atoms with Crippen LogP contribution in [0, 0.1) is 5.82 Å². The summed E-state index contributed by atoms with van der Waals surface area (Å²) < 4.78 is 58.8. The van der Waals surface area contributed by atoms with Gasteiger partial charge in [-0.25, -0.2) is 27.2 Å². The molecule has 0 bridgehead atoms. The van der Waals surface area contributed by atoms with Crippen LogP contribution in [0.3, 0.4) is 0 Å². The Balaban J connectivity index is 1.23. The molecular formula is C26H21F2N5O4S. The summed E-state index contributed by atoms with van der Waals surface area (Å²) in [5.41, 5.74) is 0.863. The molecule has 194 valence electrons. The maximum absolute atomic E-state index is 14.6. The number of ether oxygens (including phenoxy) is 1. The molecule has 0 unspecified atom stereocenters. The van der Waals surface area contributed by atoms with Crippen LogP contribution in [0.1, 0.15) is 46.9 Å². The van der Waals surface area contributed by atoms with Crippen molar-refractivity contribution in [1.29, 1.82) is 0 Å². The van der Waals surface area contributed by atoms with Crippen molar-refractivity contribution in [2.24, 2.45) is 0 Å². The number of hydrogen-bond donors (Lipinski definition) is 1.